The van der Waals surface area contributed by atoms with E-state index in [-0.39, 0.29) is 11.6 Å². The van der Waals surface area contributed by atoms with Crippen LogP contribution in [0.2, 0.25) is 0 Å². The Balaban J connectivity index is 1.58. The van der Waals surface area contributed by atoms with Crippen LogP contribution in [0.5, 0.6) is 0 Å². The summed E-state index contributed by atoms with van der Waals surface area (Å²) in [7, 11) is 0. The van der Waals surface area contributed by atoms with Gasteiger partial charge in [-0.2, -0.15) is 0 Å². The molecular formula is C19H12F2N4OS. The summed E-state index contributed by atoms with van der Waals surface area (Å²) in [5, 5.41) is 6.06. The summed E-state index contributed by atoms with van der Waals surface area (Å²) in [6, 6.07) is 13.2. The highest BCUT2D eigenvalue weighted by atomic mass is 32.1. The smallest absolute Gasteiger partial charge is 0.261 e. The number of halogens is 2. The molecule has 0 bridgehead atoms. The van der Waals surface area contributed by atoms with Gasteiger partial charge in [-0.25, -0.2) is 18.7 Å². The number of pyridine rings is 1. The van der Waals surface area contributed by atoms with Crippen LogP contribution in [-0.4, -0.2) is 15.9 Å². The maximum atomic E-state index is 13.3. The highest BCUT2D eigenvalue weighted by Gasteiger charge is 2.15. The first kappa shape index (κ1) is 17.0. The van der Waals surface area contributed by atoms with Gasteiger partial charge in [0.05, 0.1) is 15.8 Å². The third-order valence-electron chi connectivity index (χ3n) is 3.73. The second-order valence-corrected chi connectivity index (χ2v) is 6.65. The van der Waals surface area contributed by atoms with Crippen LogP contribution in [0.15, 0.2) is 60.8 Å². The molecule has 1 amide bonds. The van der Waals surface area contributed by atoms with E-state index in [0.29, 0.717) is 32.4 Å². The number of benzene rings is 2. The molecule has 0 aliphatic heterocycles. The molecule has 0 spiro atoms. The zero-order chi connectivity index (χ0) is 18.8. The zero-order valence-corrected chi connectivity index (χ0v) is 14.6. The van der Waals surface area contributed by atoms with Gasteiger partial charge in [0.25, 0.3) is 5.91 Å². The number of hydrogen-bond donors (Lipinski definition) is 2. The van der Waals surface area contributed by atoms with Gasteiger partial charge in [-0.15, -0.1) is 0 Å². The molecule has 4 aromatic rings. The number of amides is 1. The lowest BCUT2D eigenvalue weighted by Gasteiger charge is -2.10. The van der Waals surface area contributed by atoms with Gasteiger partial charge in [-0.3, -0.25) is 10.1 Å². The topological polar surface area (TPSA) is 66.9 Å². The monoisotopic (exact) mass is 382 g/mol. The molecule has 8 heteroatoms. The molecule has 0 saturated heterocycles. The minimum Gasteiger partial charge on any atom is -0.340 e. The Labute approximate surface area is 156 Å². The highest BCUT2D eigenvalue weighted by molar-refractivity contribution is 7.22. The van der Waals surface area contributed by atoms with E-state index in [4.69, 9.17) is 0 Å². The van der Waals surface area contributed by atoms with Crippen molar-refractivity contribution in [3.8, 4) is 0 Å². The van der Waals surface area contributed by atoms with Crippen molar-refractivity contribution in [3.05, 3.63) is 78.0 Å². The van der Waals surface area contributed by atoms with Crippen LogP contribution in [0.1, 0.15) is 10.4 Å². The molecule has 0 unspecified atom stereocenters. The van der Waals surface area contributed by atoms with Gasteiger partial charge < -0.3 is 5.32 Å². The predicted molar refractivity (Wildman–Crippen MR) is 101 cm³/mol. The standard InChI is InChI=1S/C19H12F2N4OS/c20-11-3-6-13(7-4-11)23-17-14(2-1-9-22-17)18(26)25-19-24-15-8-5-12(21)10-16(15)27-19/h1-10H,(H,22,23)(H,24,25,26). The lowest BCUT2D eigenvalue weighted by Crippen LogP contribution is -2.14. The Kier molecular flexibility index (Phi) is 4.47. The van der Waals surface area contributed by atoms with Crippen LogP contribution in [-0.2, 0) is 0 Å². The molecule has 0 aliphatic rings. The third-order valence-corrected chi connectivity index (χ3v) is 4.66. The van der Waals surface area contributed by atoms with Crippen LogP contribution in [0, 0.1) is 11.6 Å². The van der Waals surface area contributed by atoms with Crippen molar-refractivity contribution in [1.29, 1.82) is 0 Å². The average molecular weight is 382 g/mol. The van der Waals surface area contributed by atoms with Gasteiger partial charge in [-0.05, 0) is 54.6 Å². The van der Waals surface area contributed by atoms with Gasteiger partial charge in [0, 0.05) is 11.9 Å². The van der Waals surface area contributed by atoms with Gasteiger partial charge in [0.2, 0.25) is 0 Å². The Morgan fingerprint density at radius 3 is 2.59 bits per heavy atom. The van der Waals surface area contributed by atoms with Crippen LogP contribution in [0.25, 0.3) is 10.2 Å². The molecule has 5 nitrogen and oxygen atoms in total. The molecule has 2 N–H and O–H groups in total. The highest BCUT2D eigenvalue weighted by Crippen LogP contribution is 2.27. The van der Waals surface area contributed by atoms with E-state index in [1.165, 1.54) is 35.6 Å². The number of fused-ring (bicyclic) bond motifs is 1. The van der Waals surface area contributed by atoms with Crippen molar-refractivity contribution in [1.82, 2.24) is 9.97 Å². The summed E-state index contributed by atoms with van der Waals surface area (Å²) in [5.41, 5.74) is 1.50. The Morgan fingerprint density at radius 2 is 1.78 bits per heavy atom. The zero-order valence-electron chi connectivity index (χ0n) is 13.7. The number of anilines is 3. The number of aromatic nitrogens is 2. The molecule has 0 atom stereocenters. The molecular weight excluding hydrogens is 370 g/mol. The molecule has 0 radical (unpaired) electrons. The van der Waals surface area contributed by atoms with Crippen LogP contribution >= 0.6 is 11.3 Å². The Morgan fingerprint density at radius 1 is 1.00 bits per heavy atom. The molecule has 4 rings (SSSR count). The second-order valence-electron chi connectivity index (χ2n) is 5.62. The van der Waals surface area contributed by atoms with E-state index in [9.17, 15) is 13.6 Å². The first-order valence-corrected chi connectivity index (χ1v) is 8.75. The summed E-state index contributed by atoms with van der Waals surface area (Å²) in [4.78, 5) is 21.1. The fourth-order valence-electron chi connectivity index (χ4n) is 2.47. The number of nitrogens with zero attached hydrogens (tertiary/aromatic N) is 2. The number of nitrogens with one attached hydrogen (secondary N) is 2. The van der Waals surface area contributed by atoms with Crippen LogP contribution < -0.4 is 10.6 Å². The first-order valence-electron chi connectivity index (χ1n) is 7.93. The summed E-state index contributed by atoms with van der Waals surface area (Å²) in [6.45, 7) is 0. The van der Waals surface area contributed by atoms with E-state index in [1.54, 1.807) is 36.5 Å². The van der Waals surface area contributed by atoms with Crippen molar-refractivity contribution in [3.63, 3.8) is 0 Å². The molecule has 2 aromatic heterocycles. The van der Waals surface area contributed by atoms with E-state index >= 15 is 0 Å². The van der Waals surface area contributed by atoms with Gasteiger partial charge >= 0.3 is 0 Å². The molecule has 0 aliphatic carbocycles. The molecule has 134 valence electrons. The average Bonchev–Trinajstić information content (AvgIpc) is 3.05. The molecule has 0 fully saturated rings. The van der Waals surface area contributed by atoms with Crippen molar-refractivity contribution < 1.29 is 13.6 Å². The van der Waals surface area contributed by atoms with Crippen molar-refractivity contribution in [2.45, 2.75) is 0 Å². The SMILES string of the molecule is O=C(Nc1nc2ccc(F)cc2s1)c1cccnc1Nc1ccc(F)cc1. The summed E-state index contributed by atoms with van der Waals surface area (Å²) in [5.74, 6) is -0.796. The maximum absolute atomic E-state index is 13.3. The number of hydrogen-bond acceptors (Lipinski definition) is 5. The fourth-order valence-corrected chi connectivity index (χ4v) is 3.36. The first-order chi connectivity index (χ1) is 13.1. The molecule has 2 heterocycles. The van der Waals surface area contributed by atoms with Crippen molar-refractivity contribution >= 4 is 44.1 Å². The van der Waals surface area contributed by atoms with Gasteiger partial charge in [0.1, 0.15) is 17.5 Å². The molecule has 0 saturated carbocycles. The van der Waals surface area contributed by atoms with Crippen molar-refractivity contribution in [2.75, 3.05) is 10.6 Å². The van der Waals surface area contributed by atoms with Gasteiger partial charge in [0.15, 0.2) is 5.13 Å². The summed E-state index contributed by atoms with van der Waals surface area (Å²) in [6.07, 6.45) is 1.54. The number of carbonyl (C=O) groups excluding carboxylic acids is 1. The minimum atomic E-state index is -0.410. The van der Waals surface area contributed by atoms with Crippen molar-refractivity contribution in [2.24, 2.45) is 0 Å². The van der Waals surface area contributed by atoms with Crippen LogP contribution in [0.3, 0.4) is 0 Å². The predicted octanol–water partition coefficient (Wildman–Crippen LogP) is 4.97. The quantitative estimate of drug-likeness (QED) is 0.523. The lowest BCUT2D eigenvalue weighted by molar-refractivity contribution is 0.102. The third kappa shape index (κ3) is 3.75. The van der Waals surface area contributed by atoms with E-state index in [2.05, 4.69) is 20.6 Å². The minimum absolute atomic E-state index is 0.298. The number of thiazole rings is 1. The van der Waals surface area contributed by atoms with E-state index in [1.807, 2.05) is 0 Å². The maximum Gasteiger partial charge on any atom is 0.261 e. The largest absolute Gasteiger partial charge is 0.340 e. The van der Waals surface area contributed by atoms with Gasteiger partial charge in [-0.1, -0.05) is 11.3 Å². The Hall–Kier alpha value is -3.39. The number of rotatable bonds is 4. The Bertz CT molecular complexity index is 1130. The summed E-state index contributed by atoms with van der Waals surface area (Å²) >= 11 is 1.18. The lowest BCUT2D eigenvalue weighted by atomic mass is 10.2. The van der Waals surface area contributed by atoms with E-state index in [0.717, 1.165) is 0 Å². The molecule has 27 heavy (non-hydrogen) atoms. The normalized spacial score (nSPS) is 10.7. The van der Waals surface area contributed by atoms with E-state index < -0.39 is 5.91 Å². The second kappa shape index (κ2) is 7.08. The molecule has 2 aromatic carbocycles. The number of carbonyl (C=O) groups is 1. The van der Waals surface area contributed by atoms with Crippen LogP contribution in [0.4, 0.5) is 25.4 Å². The fraction of sp³-hybridized carbons (Fsp3) is 0. The summed E-state index contributed by atoms with van der Waals surface area (Å²) < 4.78 is 27.0.